The van der Waals surface area contributed by atoms with Crippen molar-refractivity contribution in [3.05, 3.63) is 42.0 Å². The molecule has 5 rings (SSSR count). The SMILES string of the molecule is Cc1c(-c2nc(N)ncc2-c2ccc(C3CCCN(C)C3)cn2)sc2c1ncn2C(C)C. The van der Waals surface area contributed by atoms with E-state index >= 15 is 0 Å². The number of rotatable bonds is 4. The Balaban J connectivity index is 1.56. The number of hydrogen-bond donors (Lipinski definition) is 1. The van der Waals surface area contributed by atoms with Crippen LogP contribution in [0.4, 0.5) is 5.95 Å². The number of nitrogen functional groups attached to an aromatic ring is 1. The molecular weight excluding hydrogens is 418 g/mol. The average molecular weight is 448 g/mol. The third kappa shape index (κ3) is 3.67. The van der Waals surface area contributed by atoms with E-state index in [1.807, 2.05) is 12.5 Å². The van der Waals surface area contributed by atoms with Crippen molar-refractivity contribution in [2.75, 3.05) is 25.9 Å². The molecule has 0 aromatic carbocycles. The monoisotopic (exact) mass is 447 g/mol. The van der Waals surface area contributed by atoms with Crippen LogP contribution in [-0.2, 0) is 0 Å². The highest BCUT2D eigenvalue weighted by atomic mass is 32.1. The molecule has 0 saturated carbocycles. The largest absolute Gasteiger partial charge is 0.368 e. The lowest BCUT2D eigenvalue weighted by atomic mass is 9.91. The fraction of sp³-hybridized carbons (Fsp3) is 0.417. The number of piperidine rings is 1. The van der Waals surface area contributed by atoms with Crippen LogP contribution in [0, 0.1) is 6.92 Å². The Morgan fingerprint density at radius 2 is 2.00 bits per heavy atom. The third-order valence-electron chi connectivity index (χ3n) is 6.38. The van der Waals surface area contributed by atoms with E-state index in [1.165, 1.54) is 24.9 Å². The van der Waals surface area contributed by atoms with Gasteiger partial charge in [-0.25, -0.2) is 15.0 Å². The van der Waals surface area contributed by atoms with Gasteiger partial charge in [0.1, 0.15) is 10.3 Å². The first kappa shape index (κ1) is 21.0. The summed E-state index contributed by atoms with van der Waals surface area (Å²) in [5.74, 6) is 0.808. The summed E-state index contributed by atoms with van der Waals surface area (Å²) < 4.78 is 2.20. The molecule has 32 heavy (non-hydrogen) atoms. The summed E-state index contributed by atoms with van der Waals surface area (Å²) in [7, 11) is 2.19. The second-order valence-corrected chi connectivity index (χ2v) is 10.0. The second kappa shape index (κ2) is 8.26. The van der Waals surface area contributed by atoms with Gasteiger partial charge in [-0.3, -0.25) is 4.98 Å². The minimum atomic E-state index is 0.266. The first-order chi connectivity index (χ1) is 15.4. The van der Waals surface area contributed by atoms with E-state index in [9.17, 15) is 0 Å². The summed E-state index contributed by atoms with van der Waals surface area (Å²) in [6.07, 6.45) is 8.18. The molecule has 0 spiro atoms. The summed E-state index contributed by atoms with van der Waals surface area (Å²) in [4.78, 5) is 23.0. The van der Waals surface area contributed by atoms with Crippen LogP contribution in [0.1, 0.15) is 49.8 Å². The summed E-state index contributed by atoms with van der Waals surface area (Å²) in [6, 6.07) is 4.64. The predicted octanol–water partition coefficient (Wildman–Crippen LogP) is 4.90. The van der Waals surface area contributed by atoms with Crippen molar-refractivity contribution in [3.8, 4) is 21.8 Å². The predicted molar refractivity (Wildman–Crippen MR) is 131 cm³/mol. The molecule has 4 aromatic rings. The number of aromatic nitrogens is 5. The van der Waals surface area contributed by atoms with Crippen LogP contribution in [0.2, 0.25) is 0 Å². The molecule has 1 atom stereocenters. The van der Waals surface area contributed by atoms with Gasteiger partial charge in [0.05, 0.1) is 22.6 Å². The number of anilines is 1. The molecule has 1 unspecified atom stereocenters. The molecule has 7 nitrogen and oxygen atoms in total. The van der Waals surface area contributed by atoms with Crippen molar-refractivity contribution in [2.45, 2.75) is 45.6 Å². The molecule has 8 heteroatoms. The summed E-state index contributed by atoms with van der Waals surface area (Å²) in [6.45, 7) is 8.70. The Kier molecular flexibility index (Phi) is 5.43. The van der Waals surface area contributed by atoms with Gasteiger partial charge in [-0.2, -0.15) is 0 Å². The number of likely N-dealkylation sites (N-methyl/N-ethyl adjacent to an activating group) is 1. The van der Waals surface area contributed by atoms with Gasteiger partial charge in [0.2, 0.25) is 5.95 Å². The first-order valence-corrected chi connectivity index (χ1v) is 12.0. The van der Waals surface area contributed by atoms with E-state index in [0.717, 1.165) is 44.3 Å². The van der Waals surface area contributed by atoms with Crippen molar-refractivity contribution in [1.29, 1.82) is 0 Å². The minimum Gasteiger partial charge on any atom is -0.368 e. The fourth-order valence-electron chi connectivity index (χ4n) is 4.58. The standard InChI is InChI=1S/C24H29N7S/c1-14(2)31-13-28-20-15(3)22(32-23(20)31)21-18(11-27-24(25)29-21)19-8-7-16(10-26-19)17-6-5-9-30(4)12-17/h7-8,10-11,13-14,17H,5-6,9,12H2,1-4H3,(H2,25,27,29). The number of hydrogen-bond acceptors (Lipinski definition) is 7. The summed E-state index contributed by atoms with van der Waals surface area (Å²) in [5.41, 5.74) is 12.0. The number of pyridine rings is 1. The number of nitrogens with two attached hydrogens (primary N) is 1. The Morgan fingerprint density at radius 3 is 2.72 bits per heavy atom. The molecular formula is C24H29N7S. The van der Waals surface area contributed by atoms with Crippen molar-refractivity contribution in [1.82, 2.24) is 29.4 Å². The lowest BCUT2D eigenvalue weighted by Crippen LogP contribution is -2.30. The summed E-state index contributed by atoms with van der Waals surface area (Å²) >= 11 is 1.70. The average Bonchev–Trinajstić information content (AvgIpc) is 3.34. The molecule has 0 amide bonds. The van der Waals surface area contributed by atoms with E-state index in [0.29, 0.717) is 12.0 Å². The summed E-state index contributed by atoms with van der Waals surface area (Å²) in [5, 5.41) is 0. The molecule has 2 N–H and O–H groups in total. The van der Waals surface area contributed by atoms with Gasteiger partial charge in [-0.05, 0) is 70.3 Å². The Hall–Kier alpha value is -2.84. The van der Waals surface area contributed by atoms with Gasteiger partial charge in [0.15, 0.2) is 0 Å². The third-order valence-corrected chi connectivity index (χ3v) is 7.68. The van der Waals surface area contributed by atoms with Gasteiger partial charge in [0, 0.05) is 30.5 Å². The molecule has 5 heterocycles. The molecule has 0 bridgehead atoms. The molecule has 0 radical (unpaired) electrons. The lowest BCUT2D eigenvalue weighted by molar-refractivity contribution is 0.250. The molecule has 1 saturated heterocycles. The second-order valence-electron chi connectivity index (χ2n) is 9.02. The quantitative estimate of drug-likeness (QED) is 0.479. The Bertz CT molecular complexity index is 1260. The Morgan fingerprint density at radius 1 is 1.16 bits per heavy atom. The molecule has 1 aliphatic heterocycles. The fourth-order valence-corrected chi connectivity index (χ4v) is 5.94. The van der Waals surface area contributed by atoms with Gasteiger partial charge < -0.3 is 15.2 Å². The zero-order valence-electron chi connectivity index (χ0n) is 19.0. The van der Waals surface area contributed by atoms with Crippen LogP contribution >= 0.6 is 11.3 Å². The van der Waals surface area contributed by atoms with Crippen molar-refractivity contribution < 1.29 is 0 Å². The molecule has 1 fully saturated rings. The number of imidazole rings is 1. The maximum Gasteiger partial charge on any atom is 0.220 e. The molecule has 166 valence electrons. The van der Waals surface area contributed by atoms with Crippen LogP contribution in [0.5, 0.6) is 0 Å². The van der Waals surface area contributed by atoms with E-state index < -0.39 is 0 Å². The number of thiophene rings is 1. The molecule has 4 aromatic heterocycles. The number of fused-ring (bicyclic) bond motifs is 1. The van der Waals surface area contributed by atoms with Gasteiger partial charge in [-0.15, -0.1) is 11.3 Å². The smallest absolute Gasteiger partial charge is 0.220 e. The van der Waals surface area contributed by atoms with E-state index in [1.54, 1.807) is 17.5 Å². The van der Waals surface area contributed by atoms with Gasteiger partial charge in [0.25, 0.3) is 0 Å². The molecule has 1 aliphatic rings. The van der Waals surface area contributed by atoms with Gasteiger partial charge >= 0.3 is 0 Å². The van der Waals surface area contributed by atoms with E-state index in [4.69, 9.17) is 10.7 Å². The van der Waals surface area contributed by atoms with Crippen LogP contribution < -0.4 is 5.73 Å². The Labute approximate surface area is 192 Å². The lowest BCUT2D eigenvalue weighted by Gasteiger charge is -2.29. The number of likely N-dealkylation sites (tertiary alicyclic amines) is 1. The van der Waals surface area contributed by atoms with Gasteiger partial charge in [-0.1, -0.05) is 6.07 Å². The zero-order chi connectivity index (χ0) is 22.4. The van der Waals surface area contributed by atoms with Crippen LogP contribution in [0.15, 0.2) is 30.9 Å². The van der Waals surface area contributed by atoms with Crippen LogP contribution in [-0.4, -0.2) is 49.5 Å². The zero-order valence-corrected chi connectivity index (χ0v) is 19.9. The maximum absolute atomic E-state index is 6.01. The van der Waals surface area contributed by atoms with Crippen LogP contribution in [0.3, 0.4) is 0 Å². The maximum atomic E-state index is 6.01. The minimum absolute atomic E-state index is 0.266. The first-order valence-electron chi connectivity index (χ1n) is 11.2. The van der Waals surface area contributed by atoms with Crippen molar-refractivity contribution >= 4 is 27.6 Å². The highest BCUT2D eigenvalue weighted by molar-refractivity contribution is 7.22. The normalized spacial score (nSPS) is 17.5. The van der Waals surface area contributed by atoms with E-state index in [2.05, 4.69) is 64.4 Å². The number of nitrogens with zero attached hydrogens (tertiary/aromatic N) is 6. The number of aryl methyl sites for hydroxylation is 1. The van der Waals surface area contributed by atoms with Crippen molar-refractivity contribution in [3.63, 3.8) is 0 Å². The van der Waals surface area contributed by atoms with Crippen molar-refractivity contribution in [2.24, 2.45) is 0 Å². The highest BCUT2D eigenvalue weighted by Crippen LogP contribution is 2.41. The molecule has 0 aliphatic carbocycles. The topological polar surface area (TPSA) is 85.8 Å². The van der Waals surface area contributed by atoms with Crippen LogP contribution in [0.25, 0.3) is 32.2 Å². The van der Waals surface area contributed by atoms with E-state index in [-0.39, 0.29) is 5.95 Å². The highest BCUT2D eigenvalue weighted by Gasteiger charge is 2.22.